The van der Waals surface area contributed by atoms with Gasteiger partial charge in [-0.3, -0.25) is 0 Å². The van der Waals surface area contributed by atoms with Gasteiger partial charge in [-0.25, -0.2) is 0 Å². The molecule has 2 aromatic carbocycles. The van der Waals surface area contributed by atoms with Crippen LogP contribution in [0.3, 0.4) is 0 Å². The largest absolute Gasteiger partial charge is 0.378 e. The van der Waals surface area contributed by atoms with Gasteiger partial charge in [0.05, 0.1) is 6.04 Å². The van der Waals surface area contributed by atoms with Crippen LogP contribution in [0.5, 0.6) is 0 Å². The zero-order valence-corrected chi connectivity index (χ0v) is 11.4. The maximum Gasteiger partial charge on any atom is 0.0511 e. The number of hydrogen-bond donors (Lipinski definition) is 1. The number of nitrogens with one attached hydrogen (secondary N) is 1. The van der Waals surface area contributed by atoms with Crippen molar-refractivity contribution in [2.45, 2.75) is 19.4 Å². The van der Waals surface area contributed by atoms with Gasteiger partial charge in [0.1, 0.15) is 0 Å². The Bertz CT molecular complexity index is 450. The van der Waals surface area contributed by atoms with Gasteiger partial charge >= 0.3 is 0 Å². The van der Waals surface area contributed by atoms with Crippen LogP contribution >= 0.6 is 15.9 Å². The van der Waals surface area contributed by atoms with Crippen molar-refractivity contribution in [2.75, 3.05) is 5.32 Å². The second-order valence-electron chi connectivity index (χ2n) is 4.02. The maximum absolute atomic E-state index is 3.55. The summed E-state index contributed by atoms with van der Waals surface area (Å²) in [6, 6.07) is 19.2. The fourth-order valence-electron chi connectivity index (χ4n) is 1.85. The van der Waals surface area contributed by atoms with Crippen molar-refractivity contribution >= 4 is 21.6 Å². The van der Waals surface area contributed by atoms with E-state index in [9.17, 15) is 0 Å². The fraction of sp³-hybridized carbons (Fsp3) is 0.200. The molecular formula is C15H16BrN. The Morgan fingerprint density at radius 3 is 2.24 bits per heavy atom. The van der Waals surface area contributed by atoms with Gasteiger partial charge in [-0.15, -0.1) is 0 Å². The van der Waals surface area contributed by atoms with E-state index in [0.717, 1.165) is 16.6 Å². The topological polar surface area (TPSA) is 12.0 Å². The number of benzene rings is 2. The van der Waals surface area contributed by atoms with Crippen LogP contribution in [0.1, 0.15) is 24.9 Å². The molecule has 1 unspecified atom stereocenters. The van der Waals surface area contributed by atoms with Crippen LogP contribution in [0.25, 0.3) is 0 Å². The summed E-state index contributed by atoms with van der Waals surface area (Å²) in [5.74, 6) is 0. The second kappa shape index (κ2) is 5.87. The molecule has 0 aliphatic rings. The Morgan fingerprint density at radius 1 is 1.00 bits per heavy atom. The molecule has 1 atom stereocenters. The van der Waals surface area contributed by atoms with Crippen LogP contribution in [0.15, 0.2) is 59.1 Å². The van der Waals surface area contributed by atoms with E-state index in [2.05, 4.69) is 82.8 Å². The summed E-state index contributed by atoms with van der Waals surface area (Å²) in [5.41, 5.74) is 2.49. The average Bonchev–Trinajstić information content (AvgIpc) is 2.39. The minimum absolute atomic E-state index is 0.373. The Kier molecular flexibility index (Phi) is 4.21. The minimum Gasteiger partial charge on any atom is -0.378 e. The molecule has 0 aliphatic carbocycles. The summed E-state index contributed by atoms with van der Waals surface area (Å²) in [6.45, 7) is 2.20. The van der Waals surface area contributed by atoms with E-state index in [1.165, 1.54) is 5.56 Å². The molecule has 17 heavy (non-hydrogen) atoms. The molecule has 0 aliphatic heterocycles. The van der Waals surface area contributed by atoms with E-state index < -0.39 is 0 Å². The van der Waals surface area contributed by atoms with Gasteiger partial charge in [-0.1, -0.05) is 53.2 Å². The van der Waals surface area contributed by atoms with Crippen molar-refractivity contribution in [1.29, 1.82) is 0 Å². The molecule has 2 rings (SSSR count). The Morgan fingerprint density at radius 2 is 1.65 bits per heavy atom. The van der Waals surface area contributed by atoms with E-state index in [1.807, 2.05) is 0 Å². The Balaban J connectivity index is 2.13. The summed E-state index contributed by atoms with van der Waals surface area (Å²) < 4.78 is 1.11. The average molecular weight is 290 g/mol. The molecule has 0 aromatic heterocycles. The minimum atomic E-state index is 0.373. The van der Waals surface area contributed by atoms with E-state index >= 15 is 0 Å². The van der Waals surface area contributed by atoms with Crippen LogP contribution in [-0.2, 0) is 0 Å². The molecule has 0 amide bonds. The van der Waals surface area contributed by atoms with Gasteiger partial charge in [-0.2, -0.15) is 0 Å². The van der Waals surface area contributed by atoms with E-state index in [1.54, 1.807) is 0 Å². The lowest BCUT2D eigenvalue weighted by Gasteiger charge is -2.18. The highest BCUT2D eigenvalue weighted by Gasteiger charge is 2.07. The van der Waals surface area contributed by atoms with Gasteiger partial charge < -0.3 is 5.32 Å². The highest BCUT2D eigenvalue weighted by Crippen LogP contribution is 2.23. The molecule has 0 fully saturated rings. The smallest absolute Gasteiger partial charge is 0.0511 e. The van der Waals surface area contributed by atoms with Crippen LogP contribution in [0.2, 0.25) is 0 Å². The van der Waals surface area contributed by atoms with Crippen molar-refractivity contribution in [3.63, 3.8) is 0 Å². The normalized spacial score (nSPS) is 12.1. The Labute approximate surface area is 111 Å². The van der Waals surface area contributed by atoms with Crippen LogP contribution in [-0.4, -0.2) is 0 Å². The molecule has 1 nitrogen and oxygen atoms in total. The first-order chi connectivity index (χ1) is 8.29. The highest BCUT2D eigenvalue weighted by atomic mass is 79.9. The van der Waals surface area contributed by atoms with Crippen molar-refractivity contribution in [2.24, 2.45) is 0 Å². The number of hydrogen-bond acceptors (Lipinski definition) is 1. The molecule has 0 spiro atoms. The van der Waals surface area contributed by atoms with Crippen molar-refractivity contribution in [3.8, 4) is 0 Å². The summed E-state index contributed by atoms with van der Waals surface area (Å²) >= 11 is 3.45. The van der Waals surface area contributed by atoms with Crippen molar-refractivity contribution in [1.82, 2.24) is 0 Å². The number of halogens is 1. The highest BCUT2D eigenvalue weighted by molar-refractivity contribution is 9.10. The maximum atomic E-state index is 3.55. The monoisotopic (exact) mass is 289 g/mol. The number of rotatable bonds is 4. The third-order valence-corrected chi connectivity index (χ3v) is 3.32. The van der Waals surface area contributed by atoms with E-state index in [0.29, 0.717) is 6.04 Å². The van der Waals surface area contributed by atoms with Crippen molar-refractivity contribution < 1.29 is 0 Å². The third-order valence-electron chi connectivity index (χ3n) is 2.80. The predicted molar refractivity (Wildman–Crippen MR) is 77.2 cm³/mol. The first-order valence-corrected chi connectivity index (χ1v) is 6.66. The molecule has 0 radical (unpaired) electrons. The van der Waals surface area contributed by atoms with E-state index in [-0.39, 0.29) is 0 Å². The van der Waals surface area contributed by atoms with Crippen LogP contribution in [0, 0.1) is 0 Å². The zero-order valence-electron chi connectivity index (χ0n) is 9.86. The zero-order chi connectivity index (χ0) is 12.1. The van der Waals surface area contributed by atoms with Gasteiger partial charge in [0, 0.05) is 10.2 Å². The first kappa shape index (κ1) is 12.2. The lowest BCUT2D eigenvalue weighted by atomic mass is 10.0. The predicted octanol–water partition coefficient (Wildman–Crippen LogP) is 5.01. The number of anilines is 1. The molecule has 0 bridgehead atoms. The summed E-state index contributed by atoms with van der Waals surface area (Å²) in [4.78, 5) is 0. The summed E-state index contributed by atoms with van der Waals surface area (Å²) in [7, 11) is 0. The SMILES string of the molecule is CCC(Nc1ccc(Br)cc1)c1ccccc1. The van der Waals surface area contributed by atoms with Crippen LogP contribution < -0.4 is 5.32 Å². The second-order valence-corrected chi connectivity index (χ2v) is 4.94. The van der Waals surface area contributed by atoms with Crippen molar-refractivity contribution in [3.05, 3.63) is 64.6 Å². The van der Waals surface area contributed by atoms with Crippen LogP contribution in [0.4, 0.5) is 5.69 Å². The van der Waals surface area contributed by atoms with Gasteiger partial charge in [0.2, 0.25) is 0 Å². The molecule has 1 N–H and O–H groups in total. The summed E-state index contributed by atoms with van der Waals surface area (Å²) in [6.07, 6.45) is 1.07. The van der Waals surface area contributed by atoms with Gasteiger partial charge in [0.15, 0.2) is 0 Å². The van der Waals surface area contributed by atoms with E-state index in [4.69, 9.17) is 0 Å². The van der Waals surface area contributed by atoms with Gasteiger partial charge in [0.25, 0.3) is 0 Å². The molecule has 0 heterocycles. The summed E-state index contributed by atoms with van der Waals surface area (Å²) in [5, 5.41) is 3.55. The molecule has 2 aromatic rings. The lowest BCUT2D eigenvalue weighted by Crippen LogP contribution is -2.09. The lowest BCUT2D eigenvalue weighted by molar-refractivity contribution is 0.749. The molecular weight excluding hydrogens is 274 g/mol. The third kappa shape index (κ3) is 3.34. The molecule has 0 saturated heterocycles. The molecule has 2 heteroatoms. The standard InChI is InChI=1S/C15H16BrN/c1-2-15(12-6-4-3-5-7-12)17-14-10-8-13(16)9-11-14/h3-11,15,17H,2H2,1H3. The quantitative estimate of drug-likeness (QED) is 0.834. The first-order valence-electron chi connectivity index (χ1n) is 5.86. The molecule has 88 valence electrons. The molecule has 0 saturated carbocycles. The fourth-order valence-corrected chi connectivity index (χ4v) is 2.12. The van der Waals surface area contributed by atoms with Gasteiger partial charge in [-0.05, 0) is 36.2 Å². The Hall–Kier alpha value is -1.28.